The number of hydrogen-bond donors (Lipinski definition) is 2. The van der Waals surface area contributed by atoms with Gasteiger partial charge in [0, 0.05) is 10.2 Å². The van der Waals surface area contributed by atoms with Crippen molar-refractivity contribution < 1.29 is 19.1 Å². The van der Waals surface area contributed by atoms with Crippen LogP contribution in [-0.2, 0) is 4.79 Å². The minimum absolute atomic E-state index is 0.113. The molecule has 32 heavy (non-hydrogen) atoms. The zero-order valence-electron chi connectivity index (χ0n) is 17.6. The van der Waals surface area contributed by atoms with Gasteiger partial charge in [-0.2, -0.15) is 5.10 Å². The normalized spacial score (nSPS) is 10.6. The van der Waals surface area contributed by atoms with Crippen molar-refractivity contribution in [3.63, 3.8) is 0 Å². The van der Waals surface area contributed by atoms with E-state index in [9.17, 15) is 9.59 Å². The molecule has 3 aromatic carbocycles. The van der Waals surface area contributed by atoms with Crippen LogP contribution in [0, 0.1) is 6.92 Å². The second kappa shape index (κ2) is 11.1. The fourth-order valence-electron chi connectivity index (χ4n) is 2.74. The van der Waals surface area contributed by atoms with Crippen molar-refractivity contribution in [2.45, 2.75) is 6.92 Å². The zero-order chi connectivity index (χ0) is 22.9. The zero-order valence-corrected chi connectivity index (χ0v) is 19.2. The molecule has 0 bridgehead atoms. The summed E-state index contributed by atoms with van der Waals surface area (Å²) in [6.45, 7) is 1.81. The van der Waals surface area contributed by atoms with Crippen LogP contribution in [0.5, 0.6) is 11.5 Å². The molecule has 3 rings (SSSR count). The van der Waals surface area contributed by atoms with E-state index in [0.717, 1.165) is 15.6 Å². The Morgan fingerprint density at radius 2 is 1.75 bits per heavy atom. The molecule has 3 aromatic rings. The largest absolute Gasteiger partial charge is 0.496 e. The second-order valence-electron chi connectivity index (χ2n) is 6.82. The minimum atomic E-state index is -0.366. The van der Waals surface area contributed by atoms with Gasteiger partial charge in [0.15, 0.2) is 6.61 Å². The summed E-state index contributed by atoms with van der Waals surface area (Å²) in [6, 6.07) is 19.6. The molecule has 0 spiro atoms. The van der Waals surface area contributed by atoms with E-state index < -0.39 is 0 Å². The molecule has 0 unspecified atom stereocenters. The van der Waals surface area contributed by atoms with Gasteiger partial charge in [0.1, 0.15) is 11.5 Å². The maximum absolute atomic E-state index is 12.3. The number of hydrazone groups is 1. The number of nitrogens with one attached hydrogen (secondary N) is 2. The maximum Gasteiger partial charge on any atom is 0.275 e. The number of nitrogens with zero attached hydrogens (tertiary/aromatic N) is 1. The van der Waals surface area contributed by atoms with Crippen molar-refractivity contribution in [1.82, 2.24) is 5.43 Å². The molecule has 0 aliphatic heterocycles. The lowest BCUT2D eigenvalue weighted by atomic mass is 10.1. The summed E-state index contributed by atoms with van der Waals surface area (Å²) in [5.41, 5.74) is 5.34. The standard InChI is InChI=1S/C24H22BrN3O4/c1-16-3-12-21(22(13-16)31-2)24(30)28-26-14-17-4-10-20(11-5-17)32-15-23(29)27-19-8-6-18(25)7-9-19/h3-14H,15H2,1-2H3,(H,27,29)(H,28,30)/b26-14-. The summed E-state index contributed by atoms with van der Waals surface area (Å²) in [5.74, 6) is 0.409. The highest BCUT2D eigenvalue weighted by atomic mass is 79.9. The highest BCUT2D eigenvalue weighted by Crippen LogP contribution is 2.19. The maximum atomic E-state index is 12.3. The van der Waals surface area contributed by atoms with Gasteiger partial charge >= 0.3 is 0 Å². The fourth-order valence-corrected chi connectivity index (χ4v) is 3.01. The summed E-state index contributed by atoms with van der Waals surface area (Å²) >= 11 is 3.35. The number of rotatable bonds is 8. The molecule has 8 heteroatoms. The fraction of sp³-hybridized carbons (Fsp3) is 0.125. The predicted molar refractivity (Wildman–Crippen MR) is 127 cm³/mol. The molecule has 0 saturated carbocycles. The van der Waals surface area contributed by atoms with E-state index in [1.807, 2.05) is 25.1 Å². The van der Waals surface area contributed by atoms with Crippen molar-refractivity contribution >= 4 is 39.6 Å². The van der Waals surface area contributed by atoms with Crippen molar-refractivity contribution in [3.05, 3.63) is 87.9 Å². The lowest BCUT2D eigenvalue weighted by Crippen LogP contribution is -2.20. The van der Waals surface area contributed by atoms with E-state index in [-0.39, 0.29) is 18.4 Å². The summed E-state index contributed by atoms with van der Waals surface area (Å²) < 4.78 is 11.7. The summed E-state index contributed by atoms with van der Waals surface area (Å²) in [7, 11) is 1.52. The van der Waals surface area contributed by atoms with Gasteiger partial charge in [-0.3, -0.25) is 9.59 Å². The third kappa shape index (κ3) is 6.68. The first-order chi connectivity index (χ1) is 15.4. The Morgan fingerprint density at radius 1 is 1.03 bits per heavy atom. The van der Waals surface area contributed by atoms with Gasteiger partial charge in [-0.15, -0.1) is 0 Å². The lowest BCUT2D eigenvalue weighted by molar-refractivity contribution is -0.118. The lowest BCUT2D eigenvalue weighted by Gasteiger charge is -2.08. The van der Waals surface area contributed by atoms with E-state index >= 15 is 0 Å². The number of anilines is 1. The van der Waals surface area contributed by atoms with E-state index in [4.69, 9.17) is 9.47 Å². The second-order valence-corrected chi connectivity index (χ2v) is 7.73. The molecule has 2 amide bonds. The van der Waals surface area contributed by atoms with Gasteiger partial charge in [0.25, 0.3) is 11.8 Å². The number of hydrogen-bond acceptors (Lipinski definition) is 5. The van der Waals surface area contributed by atoms with E-state index in [1.54, 1.807) is 48.5 Å². The summed E-state index contributed by atoms with van der Waals surface area (Å²) in [4.78, 5) is 24.3. The first-order valence-electron chi connectivity index (χ1n) is 9.71. The van der Waals surface area contributed by atoms with E-state index in [0.29, 0.717) is 22.7 Å². The van der Waals surface area contributed by atoms with Gasteiger partial charge in [-0.05, 0) is 78.7 Å². The average molecular weight is 496 g/mol. The molecule has 0 radical (unpaired) electrons. The topological polar surface area (TPSA) is 89.0 Å². The van der Waals surface area contributed by atoms with Gasteiger partial charge in [-0.25, -0.2) is 5.43 Å². The van der Waals surface area contributed by atoms with Crippen molar-refractivity contribution in [2.75, 3.05) is 19.0 Å². The number of aryl methyl sites for hydroxylation is 1. The highest BCUT2D eigenvalue weighted by Gasteiger charge is 2.11. The van der Waals surface area contributed by atoms with Crippen LogP contribution in [0.3, 0.4) is 0 Å². The predicted octanol–water partition coefficient (Wildman–Crippen LogP) is 4.55. The van der Waals surface area contributed by atoms with Crippen molar-refractivity contribution in [3.8, 4) is 11.5 Å². The van der Waals surface area contributed by atoms with Crippen molar-refractivity contribution in [2.24, 2.45) is 5.10 Å². The number of halogens is 1. The summed E-state index contributed by atoms with van der Waals surface area (Å²) in [5, 5.41) is 6.74. The molecular formula is C24H22BrN3O4. The van der Waals surface area contributed by atoms with Crippen LogP contribution in [0.2, 0.25) is 0 Å². The van der Waals surface area contributed by atoms with Crippen LogP contribution in [0.4, 0.5) is 5.69 Å². The molecule has 0 aliphatic carbocycles. The van der Waals surface area contributed by atoms with Gasteiger partial charge in [0.05, 0.1) is 18.9 Å². The van der Waals surface area contributed by atoms with E-state index in [1.165, 1.54) is 13.3 Å². The summed E-state index contributed by atoms with van der Waals surface area (Å²) in [6.07, 6.45) is 1.52. The Balaban J connectivity index is 1.49. The number of ether oxygens (including phenoxy) is 2. The highest BCUT2D eigenvalue weighted by molar-refractivity contribution is 9.10. The molecule has 0 aromatic heterocycles. The molecule has 0 heterocycles. The van der Waals surface area contributed by atoms with Gasteiger partial charge in [-0.1, -0.05) is 22.0 Å². The molecule has 0 atom stereocenters. The molecule has 0 aliphatic rings. The van der Waals surface area contributed by atoms with Crippen LogP contribution in [-0.4, -0.2) is 31.7 Å². The van der Waals surface area contributed by atoms with Crippen LogP contribution in [0.25, 0.3) is 0 Å². The molecule has 2 N–H and O–H groups in total. The number of methoxy groups -OCH3 is 1. The SMILES string of the molecule is COc1cc(C)ccc1C(=O)N/N=C\c1ccc(OCC(=O)Nc2ccc(Br)cc2)cc1. The first kappa shape index (κ1) is 23.0. The molecular weight excluding hydrogens is 474 g/mol. The Labute approximate surface area is 194 Å². The van der Waals surface area contributed by atoms with Crippen LogP contribution >= 0.6 is 15.9 Å². The Kier molecular flexibility index (Phi) is 7.99. The van der Waals surface area contributed by atoms with Gasteiger partial charge in [0.2, 0.25) is 0 Å². The number of amides is 2. The quantitative estimate of drug-likeness (QED) is 0.354. The Bertz CT molecular complexity index is 1110. The monoisotopic (exact) mass is 495 g/mol. The molecule has 164 valence electrons. The minimum Gasteiger partial charge on any atom is -0.496 e. The third-order valence-electron chi connectivity index (χ3n) is 4.36. The number of benzene rings is 3. The van der Waals surface area contributed by atoms with Crippen LogP contribution in [0.1, 0.15) is 21.5 Å². The smallest absolute Gasteiger partial charge is 0.275 e. The first-order valence-corrected chi connectivity index (χ1v) is 10.5. The number of carbonyl (C=O) groups excluding carboxylic acids is 2. The average Bonchev–Trinajstić information content (AvgIpc) is 2.80. The number of carbonyl (C=O) groups is 2. The molecule has 0 saturated heterocycles. The Hall–Kier alpha value is -3.65. The van der Waals surface area contributed by atoms with Crippen LogP contribution in [0.15, 0.2) is 76.3 Å². The van der Waals surface area contributed by atoms with Crippen molar-refractivity contribution in [1.29, 1.82) is 0 Å². The molecule has 7 nitrogen and oxygen atoms in total. The third-order valence-corrected chi connectivity index (χ3v) is 4.89. The van der Waals surface area contributed by atoms with Crippen LogP contribution < -0.4 is 20.2 Å². The van der Waals surface area contributed by atoms with E-state index in [2.05, 4.69) is 31.8 Å². The molecule has 0 fully saturated rings. The van der Waals surface area contributed by atoms with Gasteiger partial charge < -0.3 is 14.8 Å². The Morgan fingerprint density at radius 3 is 2.44 bits per heavy atom.